The number of benzene rings is 4. The highest BCUT2D eigenvalue weighted by molar-refractivity contribution is 8.19. The van der Waals surface area contributed by atoms with Crippen molar-refractivity contribution in [2.45, 2.75) is 18.4 Å². The van der Waals surface area contributed by atoms with Gasteiger partial charge in [0.2, 0.25) is 0 Å². The zero-order valence-corrected chi connectivity index (χ0v) is 23.5. The van der Waals surface area contributed by atoms with E-state index in [0.717, 1.165) is 44.9 Å². The number of rotatable bonds is 6. The van der Waals surface area contributed by atoms with Crippen molar-refractivity contribution in [1.82, 2.24) is 4.90 Å². The normalized spacial score (nSPS) is 17.7. The number of para-hydroxylation sites is 1. The van der Waals surface area contributed by atoms with Crippen LogP contribution in [0.2, 0.25) is 5.02 Å². The Morgan fingerprint density at radius 2 is 1.51 bits per heavy atom. The SMILES string of the molecule is CCN1/C(=C2/SC(=Nc3ccc(Oc4ccccc4)cc3)N(Cc3ccccc3)C2=O)Sc2ccc(Cl)cc21. The summed E-state index contributed by atoms with van der Waals surface area (Å²) in [6.45, 7) is 3.24. The number of thioether (sulfide) groups is 2. The van der Waals surface area contributed by atoms with E-state index in [0.29, 0.717) is 21.6 Å². The Balaban J connectivity index is 1.34. The Hall–Kier alpha value is -3.65. The van der Waals surface area contributed by atoms with Crippen LogP contribution in [0.1, 0.15) is 12.5 Å². The van der Waals surface area contributed by atoms with Crippen LogP contribution in [0.4, 0.5) is 11.4 Å². The number of amidine groups is 1. The summed E-state index contributed by atoms with van der Waals surface area (Å²) >= 11 is 9.33. The van der Waals surface area contributed by atoms with E-state index in [1.807, 2.05) is 103 Å². The van der Waals surface area contributed by atoms with Gasteiger partial charge in [-0.3, -0.25) is 9.69 Å². The predicted octanol–water partition coefficient (Wildman–Crippen LogP) is 8.70. The van der Waals surface area contributed by atoms with Crippen molar-refractivity contribution in [1.29, 1.82) is 0 Å². The molecule has 2 aliphatic rings. The summed E-state index contributed by atoms with van der Waals surface area (Å²) in [4.78, 5) is 24.5. The fourth-order valence-electron chi connectivity index (χ4n) is 4.39. The van der Waals surface area contributed by atoms with E-state index in [4.69, 9.17) is 21.3 Å². The Bertz CT molecular complexity index is 1570. The standard InChI is InChI=1S/C31H24ClN3O2S2/c1-2-34-26-19-22(32)13-18-27(26)38-30(34)28-29(36)35(20-21-9-5-3-6-10-21)31(39-28)33-23-14-16-25(17-15-23)37-24-11-7-4-8-12-24/h3-19H,2,20H2,1H3/b30-28-,33-31?. The molecule has 1 amide bonds. The van der Waals surface area contributed by atoms with Gasteiger partial charge in [-0.2, -0.15) is 0 Å². The molecule has 0 N–H and O–H groups in total. The molecule has 0 saturated carbocycles. The molecule has 1 saturated heterocycles. The van der Waals surface area contributed by atoms with E-state index in [1.165, 1.54) is 11.8 Å². The highest BCUT2D eigenvalue weighted by atomic mass is 35.5. The summed E-state index contributed by atoms with van der Waals surface area (Å²) in [5.41, 5.74) is 2.81. The molecule has 8 heteroatoms. The molecule has 0 unspecified atom stereocenters. The van der Waals surface area contributed by atoms with E-state index >= 15 is 0 Å². The lowest BCUT2D eigenvalue weighted by Crippen LogP contribution is -2.29. The zero-order chi connectivity index (χ0) is 26.8. The van der Waals surface area contributed by atoms with Crippen molar-refractivity contribution in [2.75, 3.05) is 11.4 Å². The Morgan fingerprint density at radius 1 is 0.821 bits per heavy atom. The van der Waals surface area contributed by atoms with Gasteiger partial charge in [0.25, 0.3) is 5.91 Å². The van der Waals surface area contributed by atoms with Crippen LogP contribution >= 0.6 is 35.1 Å². The Morgan fingerprint density at radius 3 is 2.23 bits per heavy atom. The van der Waals surface area contributed by atoms with Gasteiger partial charge in [0.05, 0.1) is 17.9 Å². The summed E-state index contributed by atoms with van der Waals surface area (Å²) < 4.78 is 5.93. The van der Waals surface area contributed by atoms with Crippen LogP contribution in [0, 0.1) is 0 Å². The maximum absolute atomic E-state index is 13.9. The van der Waals surface area contributed by atoms with Gasteiger partial charge in [-0.25, -0.2) is 4.99 Å². The van der Waals surface area contributed by atoms with Crippen molar-refractivity contribution in [2.24, 2.45) is 4.99 Å². The first-order chi connectivity index (χ1) is 19.1. The van der Waals surface area contributed by atoms with Crippen molar-refractivity contribution >= 4 is 57.6 Å². The van der Waals surface area contributed by atoms with Gasteiger partial charge in [0, 0.05) is 16.5 Å². The van der Waals surface area contributed by atoms with Crippen LogP contribution in [0.5, 0.6) is 11.5 Å². The molecule has 0 spiro atoms. The van der Waals surface area contributed by atoms with E-state index < -0.39 is 0 Å². The van der Waals surface area contributed by atoms with E-state index in [9.17, 15) is 4.79 Å². The molecule has 1 fully saturated rings. The highest BCUT2D eigenvalue weighted by Crippen LogP contribution is 2.51. The number of amides is 1. The maximum Gasteiger partial charge on any atom is 0.269 e. The van der Waals surface area contributed by atoms with Crippen molar-refractivity contribution < 1.29 is 9.53 Å². The van der Waals surface area contributed by atoms with Crippen LogP contribution in [0.25, 0.3) is 0 Å². The quantitative estimate of drug-likeness (QED) is 0.217. The second-order valence-corrected chi connectivity index (χ2v) is 11.3. The molecule has 39 heavy (non-hydrogen) atoms. The molecule has 0 radical (unpaired) electrons. The fraction of sp³-hybridized carbons (Fsp3) is 0.0968. The van der Waals surface area contributed by atoms with Gasteiger partial charge in [0.15, 0.2) is 5.17 Å². The third-order valence-corrected chi connectivity index (χ3v) is 8.88. The predicted molar refractivity (Wildman–Crippen MR) is 162 cm³/mol. The average Bonchev–Trinajstić information content (AvgIpc) is 3.47. The number of hydrogen-bond donors (Lipinski definition) is 0. The van der Waals surface area contributed by atoms with Gasteiger partial charge in [-0.15, -0.1) is 0 Å². The molecular formula is C31H24ClN3O2S2. The van der Waals surface area contributed by atoms with Crippen molar-refractivity contribution in [3.05, 3.63) is 124 Å². The Kier molecular flexibility index (Phi) is 7.37. The summed E-state index contributed by atoms with van der Waals surface area (Å²) in [7, 11) is 0. The molecule has 4 aromatic carbocycles. The van der Waals surface area contributed by atoms with Gasteiger partial charge in [-0.05, 0) is 78.8 Å². The number of halogens is 1. The second-order valence-electron chi connectivity index (χ2n) is 8.87. The number of fused-ring (bicyclic) bond motifs is 1. The van der Waals surface area contributed by atoms with Crippen LogP contribution in [0.3, 0.4) is 0 Å². The molecule has 0 aromatic heterocycles. The molecule has 4 aromatic rings. The summed E-state index contributed by atoms with van der Waals surface area (Å²) in [6.07, 6.45) is 0. The summed E-state index contributed by atoms with van der Waals surface area (Å²) in [5, 5.41) is 2.24. The van der Waals surface area contributed by atoms with Crippen LogP contribution < -0.4 is 9.64 Å². The van der Waals surface area contributed by atoms with Gasteiger partial charge in [0.1, 0.15) is 21.4 Å². The number of aliphatic imine (C=N–C) groups is 1. The van der Waals surface area contributed by atoms with E-state index in [1.54, 1.807) is 16.7 Å². The monoisotopic (exact) mass is 569 g/mol. The number of carbonyl (C=O) groups is 1. The second kappa shape index (κ2) is 11.2. The zero-order valence-electron chi connectivity index (χ0n) is 21.1. The molecular weight excluding hydrogens is 546 g/mol. The largest absolute Gasteiger partial charge is 0.457 e. The van der Waals surface area contributed by atoms with Gasteiger partial charge < -0.3 is 9.64 Å². The van der Waals surface area contributed by atoms with Gasteiger partial charge >= 0.3 is 0 Å². The van der Waals surface area contributed by atoms with Crippen LogP contribution in [-0.2, 0) is 11.3 Å². The van der Waals surface area contributed by atoms with Crippen LogP contribution in [-0.4, -0.2) is 22.5 Å². The Labute approximate surface area is 241 Å². The van der Waals surface area contributed by atoms with Crippen LogP contribution in [0.15, 0.2) is 123 Å². The number of anilines is 1. The smallest absolute Gasteiger partial charge is 0.269 e. The fourth-order valence-corrected chi connectivity index (χ4v) is 6.92. The maximum atomic E-state index is 13.9. The van der Waals surface area contributed by atoms with E-state index in [-0.39, 0.29) is 5.91 Å². The number of hydrogen-bond acceptors (Lipinski definition) is 6. The molecule has 194 valence electrons. The molecule has 2 aliphatic heterocycles. The molecule has 0 atom stereocenters. The molecule has 6 rings (SSSR count). The number of nitrogens with zero attached hydrogens (tertiary/aromatic N) is 3. The lowest BCUT2D eigenvalue weighted by molar-refractivity contribution is -0.122. The minimum atomic E-state index is -0.0495. The third kappa shape index (κ3) is 5.43. The summed E-state index contributed by atoms with van der Waals surface area (Å²) in [6, 6.07) is 33.1. The van der Waals surface area contributed by atoms with Crippen molar-refractivity contribution in [3.8, 4) is 11.5 Å². The minimum Gasteiger partial charge on any atom is -0.457 e. The first-order valence-corrected chi connectivity index (χ1v) is 14.5. The number of ether oxygens (including phenoxy) is 1. The third-order valence-electron chi connectivity index (χ3n) is 6.26. The molecule has 2 heterocycles. The number of carbonyl (C=O) groups excluding carboxylic acids is 1. The topological polar surface area (TPSA) is 45.1 Å². The first-order valence-electron chi connectivity index (χ1n) is 12.5. The molecule has 0 bridgehead atoms. The highest BCUT2D eigenvalue weighted by Gasteiger charge is 2.39. The molecule has 0 aliphatic carbocycles. The van der Waals surface area contributed by atoms with E-state index in [2.05, 4.69) is 11.8 Å². The average molecular weight is 570 g/mol. The molecule has 5 nitrogen and oxygen atoms in total. The first kappa shape index (κ1) is 25.6. The summed E-state index contributed by atoms with van der Waals surface area (Å²) in [5.74, 6) is 1.45. The van der Waals surface area contributed by atoms with Gasteiger partial charge in [-0.1, -0.05) is 71.9 Å². The lowest BCUT2D eigenvalue weighted by atomic mass is 10.2. The minimum absolute atomic E-state index is 0.0495. The lowest BCUT2D eigenvalue weighted by Gasteiger charge is -2.19. The van der Waals surface area contributed by atoms with Crippen molar-refractivity contribution in [3.63, 3.8) is 0 Å².